The molecule has 25 heavy (non-hydrogen) atoms. The van der Waals surface area contributed by atoms with Crippen LogP contribution in [-0.2, 0) is 16.0 Å². The predicted octanol–water partition coefficient (Wildman–Crippen LogP) is 1.35. The lowest BCUT2D eigenvalue weighted by molar-refractivity contribution is -0.692. The Morgan fingerprint density at radius 3 is 2.20 bits per heavy atom. The van der Waals surface area contributed by atoms with E-state index in [1.54, 1.807) is 14.1 Å². The molecule has 0 aliphatic carbocycles. The van der Waals surface area contributed by atoms with Crippen LogP contribution in [0.15, 0.2) is 24.3 Å². The first-order chi connectivity index (χ1) is 11.7. The first-order valence-electron chi connectivity index (χ1n) is 9.11. The third-order valence-electron chi connectivity index (χ3n) is 4.36. The van der Waals surface area contributed by atoms with E-state index in [1.807, 2.05) is 0 Å². The molecule has 0 unspecified atom stereocenters. The van der Waals surface area contributed by atoms with Gasteiger partial charge in [-0.05, 0) is 17.9 Å². The highest BCUT2D eigenvalue weighted by Crippen LogP contribution is 2.19. The molecular formula is C20H34N3O2+. The Kier molecular flexibility index (Phi) is 8.62. The maximum absolute atomic E-state index is 12.2. The minimum absolute atomic E-state index is 0.0364. The quantitative estimate of drug-likeness (QED) is 0.707. The van der Waals surface area contributed by atoms with E-state index in [9.17, 15) is 9.59 Å². The van der Waals surface area contributed by atoms with Gasteiger partial charge in [0.05, 0.1) is 6.54 Å². The highest BCUT2D eigenvalue weighted by molar-refractivity contribution is 5.84. The summed E-state index contributed by atoms with van der Waals surface area (Å²) in [7, 11) is 3.24. The van der Waals surface area contributed by atoms with Crippen molar-refractivity contribution in [2.24, 2.45) is 11.8 Å². The third-order valence-corrected chi connectivity index (χ3v) is 4.36. The van der Waals surface area contributed by atoms with E-state index in [1.165, 1.54) is 16.0 Å². The third kappa shape index (κ3) is 7.26. The maximum atomic E-state index is 12.2. The molecule has 0 aliphatic heterocycles. The Balaban J connectivity index is 2.68. The number of amides is 2. The van der Waals surface area contributed by atoms with Crippen molar-refractivity contribution in [3.63, 3.8) is 0 Å². The summed E-state index contributed by atoms with van der Waals surface area (Å²) >= 11 is 0. The van der Waals surface area contributed by atoms with Crippen LogP contribution in [0, 0.1) is 11.8 Å². The van der Waals surface area contributed by atoms with Crippen LogP contribution in [0.2, 0.25) is 0 Å². The van der Waals surface area contributed by atoms with Crippen molar-refractivity contribution in [2.45, 2.75) is 40.2 Å². The van der Waals surface area contributed by atoms with E-state index in [-0.39, 0.29) is 24.4 Å². The van der Waals surface area contributed by atoms with E-state index < -0.39 is 0 Å². The number of nitrogens with one attached hydrogen (secondary N) is 1. The molecule has 0 bridgehead atoms. The summed E-state index contributed by atoms with van der Waals surface area (Å²) < 4.78 is 0. The van der Waals surface area contributed by atoms with Crippen LogP contribution in [0.25, 0.3) is 0 Å². The normalized spacial score (nSPS) is 12.3. The van der Waals surface area contributed by atoms with Crippen LogP contribution < -0.4 is 10.6 Å². The van der Waals surface area contributed by atoms with Gasteiger partial charge in [0, 0.05) is 25.6 Å². The number of carbonyl (C=O) groups is 2. The zero-order chi connectivity index (χ0) is 19.0. The van der Waals surface area contributed by atoms with Gasteiger partial charge in [0.15, 0.2) is 6.54 Å². The zero-order valence-electron chi connectivity index (χ0n) is 16.5. The second-order valence-corrected chi connectivity index (χ2v) is 7.47. The fraction of sp³-hybridized carbons (Fsp3) is 0.600. The van der Waals surface area contributed by atoms with E-state index in [0.717, 1.165) is 6.42 Å². The van der Waals surface area contributed by atoms with Gasteiger partial charge in [-0.2, -0.15) is 0 Å². The summed E-state index contributed by atoms with van der Waals surface area (Å²) in [5.74, 6) is 0.863. The molecule has 0 saturated heterocycles. The molecule has 5 nitrogen and oxygen atoms in total. The van der Waals surface area contributed by atoms with Crippen molar-refractivity contribution in [3.05, 3.63) is 35.4 Å². The first-order valence-corrected chi connectivity index (χ1v) is 9.11. The summed E-state index contributed by atoms with van der Waals surface area (Å²) in [6.45, 7) is 9.21. The van der Waals surface area contributed by atoms with Gasteiger partial charge in [0.2, 0.25) is 5.91 Å². The molecule has 5 heteroatoms. The number of quaternary nitrogens is 1. The molecule has 0 aromatic heterocycles. The van der Waals surface area contributed by atoms with Gasteiger partial charge in [-0.15, -0.1) is 0 Å². The van der Waals surface area contributed by atoms with Crippen molar-refractivity contribution in [1.29, 1.82) is 0 Å². The largest absolute Gasteiger partial charge is 0.358 e. The molecule has 0 saturated carbocycles. The molecule has 0 fully saturated rings. The van der Waals surface area contributed by atoms with Gasteiger partial charge in [-0.25, -0.2) is 0 Å². The van der Waals surface area contributed by atoms with Crippen molar-refractivity contribution in [2.75, 3.05) is 27.2 Å². The highest BCUT2D eigenvalue weighted by atomic mass is 16.2. The second kappa shape index (κ2) is 10.2. The van der Waals surface area contributed by atoms with Crippen LogP contribution in [0.5, 0.6) is 0 Å². The number of nitrogens with two attached hydrogens (primary N) is 1. The molecule has 0 heterocycles. The van der Waals surface area contributed by atoms with Crippen molar-refractivity contribution >= 4 is 11.8 Å². The number of likely N-dealkylation sites (N-methyl/N-ethyl adjacent to an activating group) is 2. The molecule has 2 amide bonds. The molecule has 1 atom stereocenters. The standard InChI is InChI=1S/C20H33N3O2/c1-14(2)11-16-7-9-17(10-8-16)20(15(3)4)22-12-19(25)23(6)13-18(24)21-5/h7-10,14-15,20,22H,11-13H2,1-6H3,(H,21,24)/p+1/t20-/m0/s1. The SMILES string of the molecule is CNC(=O)CN(C)C(=O)C[NH2+][C@H](c1ccc(CC(C)C)cc1)C(C)C. The van der Waals surface area contributed by atoms with Gasteiger partial charge in [-0.3, -0.25) is 9.59 Å². The summed E-state index contributed by atoms with van der Waals surface area (Å²) in [5.41, 5.74) is 2.59. The number of rotatable bonds is 9. The molecule has 3 N–H and O–H groups in total. The van der Waals surface area contributed by atoms with Crippen LogP contribution in [-0.4, -0.2) is 43.9 Å². The Bertz CT molecular complexity index is 553. The van der Waals surface area contributed by atoms with Gasteiger partial charge < -0.3 is 15.5 Å². The smallest absolute Gasteiger partial charge is 0.277 e. The van der Waals surface area contributed by atoms with Crippen molar-refractivity contribution < 1.29 is 14.9 Å². The minimum atomic E-state index is -0.156. The topological polar surface area (TPSA) is 66.0 Å². The fourth-order valence-electron chi connectivity index (χ4n) is 2.91. The van der Waals surface area contributed by atoms with E-state index >= 15 is 0 Å². The zero-order valence-corrected chi connectivity index (χ0v) is 16.5. The number of nitrogens with zero attached hydrogens (tertiary/aromatic N) is 1. The second-order valence-electron chi connectivity index (χ2n) is 7.47. The molecule has 140 valence electrons. The van der Waals surface area contributed by atoms with Crippen molar-refractivity contribution in [3.8, 4) is 0 Å². The Morgan fingerprint density at radius 1 is 1.12 bits per heavy atom. The number of hydrogen-bond acceptors (Lipinski definition) is 2. The Hall–Kier alpha value is -1.88. The molecule has 1 aromatic carbocycles. The Morgan fingerprint density at radius 2 is 1.72 bits per heavy atom. The summed E-state index contributed by atoms with van der Waals surface area (Å²) in [6.07, 6.45) is 1.08. The molecule has 0 aliphatic rings. The lowest BCUT2D eigenvalue weighted by Crippen LogP contribution is -2.88. The van der Waals surface area contributed by atoms with E-state index in [0.29, 0.717) is 18.4 Å². The van der Waals surface area contributed by atoms with Gasteiger partial charge in [0.1, 0.15) is 6.04 Å². The Labute approximate surface area is 152 Å². The first kappa shape index (κ1) is 21.2. The maximum Gasteiger partial charge on any atom is 0.277 e. The van der Waals surface area contributed by atoms with Gasteiger partial charge >= 0.3 is 0 Å². The summed E-state index contributed by atoms with van der Waals surface area (Å²) in [5, 5.41) is 4.61. The van der Waals surface area contributed by atoms with Gasteiger partial charge in [0.25, 0.3) is 5.91 Å². The van der Waals surface area contributed by atoms with Crippen LogP contribution in [0.1, 0.15) is 44.9 Å². The highest BCUT2D eigenvalue weighted by Gasteiger charge is 2.22. The summed E-state index contributed by atoms with van der Waals surface area (Å²) in [4.78, 5) is 25.1. The summed E-state index contributed by atoms with van der Waals surface area (Å²) in [6, 6.07) is 8.97. The average molecular weight is 349 g/mol. The molecule has 0 spiro atoms. The van der Waals surface area contributed by atoms with Crippen LogP contribution >= 0.6 is 0 Å². The number of hydrogen-bond donors (Lipinski definition) is 2. The number of benzene rings is 1. The number of carbonyl (C=O) groups excluding carboxylic acids is 2. The van der Waals surface area contributed by atoms with Gasteiger partial charge in [-0.1, -0.05) is 52.0 Å². The lowest BCUT2D eigenvalue weighted by Gasteiger charge is -2.22. The lowest BCUT2D eigenvalue weighted by atomic mass is 9.93. The molecule has 1 rings (SSSR count). The molecule has 0 radical (unpaired) electrons. The monoisotopic (exact) mass is 348 g/mol. The molecule has 1 aromatic rings. The molecular weight excluding hydrogens is 314 g/mol. The minimum Gasteiger partial charge on any atom is -0.358 e. The van der Waals surface area contributed by atoms with Crippen molar-refractivity contribution in [1.82, 2.24) is 10.2 Å². The van der Waals surface area contributed by atoms with E-state index in [4.69, 9.17) is 0 Å². The average Bonchev–Trinajstić information content (AvgIpc) is 2.55. The predicted molar refractivity (Wildman–Crippen MR) is 101 cm³/mol. The fourth-order valence-corrected chi connectivity index (χ4v) is 2.91. The van der Waals surface area contributed by atoms with E-state index in [2.05, 4.69) is 62.6 Å². The van der Waals surface area contributed by atoms with Crippen LogP contribution in [0.4, 0.5) is 0 Å². The van der Waals surface area contributed by atoms with Crippen LogP contribution in [0.3, 0.4) is 0 Å².